The number of hydrogen-bond acceptors (Lipinski definition) is 3. The van der Waals surface area contributed by atoms with Crippen molar-refractivity contribution in [3.05, 3.63) is 28.7 Å². The standard InChI is InChI=1S/C12H17BrN2O/c13-10-2-1-3-11(8-10)14-5-4-12-9-16-7-6-15-12/h1-3,8,12,14-15H,4-7,9H2. The first-order valence-corrected chi connectivity index (χ1v) is 6.44. The molecule has 4 heteroatoms. The molecule has 0 amide bonds. The second-order valence-corrected chi connectivity index (χ2v) is 4.87. The van der Waals surface area contributed by atoms with E-state index in [1.165, 1.54) is 0 Å². The van der Waals surface area contributed by atoms with Gasteiger partial charge in [0.2, 0.25) is 0 Å². The van der Waals surface area contributed by atoms with E-state index in [4.69, 9.17) is 4.74 Å². The van der Waals surface area contributed by atoms with Gasteiger partial charge in [0.1, 0.15) is 0 Å². The number of hydrogen-bond donors (Lipinski definition) is 2. The highest BCUT2D eigenvalue weighted by Gasteiger charge is 2.11. The van der Waals surface area contributed by atoms with E-state index in [2.05, 4.69) is 38.7 Å². The van der Waals surface area contributed by atoms with Crippen LogP contribution in [0.15, 0.2) is 28.7 Å². The molecule has 1 unspecified atom stereocenters. The number of rotatable bonds is 4. The summed E-state index contributed by atoms with van der Waals surface area (Å²) in [6.45, 7) is 3.62. The zero-order valence-electron chi connectivity index (χ0n) is 9.21. The van der Waals surface area contributed by atoms with E-state index in [-0.39, 0.29) is 0 Å². The molecule has 0 saturated carbocycles. The van der Waals surface area contributed by atoms with Crippen molar-refractivity contribution in [3.8, 4) is 0 Å². The summed E-state index contributed by atoms with van der Waals surface area (Å²) in [6.07, 6.45) is 1.09. The number of benzene rings is 1. The molecule has 0 spiro atoms. The Bertz CT molecular complexity index is 327. The lowest BCUT2D eigenvalue weighted by Gasteiger charge is -2.23. The van der Waals surface area contributed by atoms with E-state index < -0.39 is 0 Å². The summed E-state index contributed by atoms with van der Waals surface area (Å²) in [6, 6.07) is 8.73. The van der Waals surface area contributed by atoms with Gasteiger partial charge < -0.3 is 15.4 Å². The fourth-order valence-corrected chi connectivity index (χ4v) is 2.19. The van der Waals surface area contributed by atoms with Crippen LogP contribution in [0.25, 0.3) is 0 Å². The Labute approximate surface area is 105 Å². The topological polar surface area (TPSA) is 33.3 Å². The Kier molecular flexibility index (Phi) is 4.63. The third kappa shape index (κ3) is 3.77. The largest absolute Gasteiger partial charge is 0.385 e. The predicted molar refractivity (Wildman–Crippen MR) is 69.9 cm³/mol. The Hall–Kier alpha value is -0.580. The second-order valence-electron chi connectivity index (χ2n) is 3.95. The average Bonchev–Trinajstić information content (AvgIpc) is 2.30. The zero-order valence-corrected chi connectivity index (χ0v) is 10.8. The molecule has 0 aromatic heterocycles. The van der Waals surface area contributed by atoms with E-state index in [1.54, 1.807) is 0 Å². The Morgan fingerprint density at radius 3 is 3.19 bits per heavy atom. The van der Waals surface area contributed by atoms with Gasteiger partial charge in [-0.05, 0) is 24.6 Å². The second kappa shape index (κ2) is 6.23. The lowest BCUT2D eigenvalue weighted by atomic mass is 10.2. The normalized spacial score (nSPS) is 20.7. The molecule has 1 fully saturated rings. The molecule has 1 aliphatic rings. The summed E-state index contributed by atoms with van der Waals surface area (Å²) in [5, 5.41) is 6.85. The van der Waals surface area contributed by atoms with Crippen LogP contribution in [0.5, 0.6) is 0 Å². The molecule has 2 N–H and O–H groups in total. The van der Waals surface area contributed by atoms with E-state index in [1.807, 2.05) is 12.1 Å². The maximum atomic E-state index is 5.41. The van der Waals surface area contributed by atoms with Crippen LogP contribution in [0.2, 0.25) is 0 Å². The fraction of sp³-hybridized carbons (Fsp3) is 0.500. The Morgan fingerprint density at radius 1 is 1.50 bits per heavy atom. The lowest BCUT2D eigenvalue weighted by molar-refractivity contribution is 0.0753. The van der Waals surface area contributed by atoms with Crippen molar-refractivity contribution in [2.45, 2.75) is 12.5 Å². The van der Waals surface area contributed by atoms with Crippen LogP contribution < -0.4 is 10.6 Å². The SMILES string of the molecule is Brc1cccc(NCCC2COCCN2)c1. The van der Waals surface area contributed by atoms with Gasteiger partial charge in [-0.25, -0.2) is 0 Å². The van der Waals surface area contributed by atoms with E-state index in [0.717, 1.165) is 42.9 Å². The molecule has 0 bridgehead atoms. The molecule has 88 valence electrons. The summed E-state index contributed by atoms with van der Waals surface area (Å²) >= 11 is 3.46. The third-order valence-electron chi connectivity index (χ3n) is 2.64. The quantitative estimate of drug-likeness (QED) is 0.890. The summed E-state index contributed by atoms with van der Waals surface area (Å²) in [5.74, 6) is 0. The zero-order chi connectivity index (χ0) is 11.2. The van der Waals surface area contributed by atoms with Gasteiger partial charge in [0.25, 0.3) is 0 Å². The molecule has 0 aliphatic carbocycles. The number of halogens is 1. The first kappa shape index (κ1) is 11.9. The van der Waals surface area contributed by atoms with Crippen molar-refractivity contribution >= 4 is 21.6 Å². The number of morpholine rings is 1. The van der Waals surface area contributed by atoms with Gasteiger partial charge in [0.15, 0.2) is 0 Å². The van der Waals surface area contributed by atoms with Gasteiger partial charge in [0.05, 0.1) is 13.2 Å². The number of ether oxygens (including phenoxy) is 1. The first-order valence-electron chi connectivity index (χ1n) is 5.65. The highest BCUT2D eigenvalue weighted by atomic mass is 79.9. The van der Waals surface area contributed by atoms with Crippen LogP contribution in [0.3, 0.4) is 0 Å². The van der Waals surface area contributed by atoms with Gasteiger partial charge in [0, 0.05) is 29.3 Å². The summed E-state index contributed by atoms with van der Waals surface area (Å²) in [4.78, 5) is 0. The van der Waals surface area contributed by atoms with Crippen LogP contribution in [0, 0.1) is 0 Å². The predicted octanol–water partition coefficient (Wildman–Crippen LogP) is 2.24. The van der Waals surface area contributed by atoms with E-state index in [9.17, 15) is 0 Å². The van der Waals surface area contributed by atoms with Gasteiger partial charge in [-0.15, -0.1) is 0 Å². The summed E-state index contributed by atoms with van der Waals surface area (Å²) in [7, 11) is 0. The van der Waals surface area contributed by atoms with Crippen LogP contribution in [-0.4, -0.2) is 32.3 Å². The molecular weight excluding hydrogens is 268 g/mol. The molecule has 1 aliphatic heterocycles. The van der Waals surface area contributed by atoms with Crippen LogP contribution in [0.4, 0.5) is 5.69 Å². The highest BCUT2D eigenvalue weighted by molar-refractivity contribution is 9.10. The van der Waals surface area contributed by atoms with E-state index >= 15 is 0 Å². The number of anilines is 1. The molecule has 1 saturated heterocycles. The smallest absolute Gasteiger partial charge is 0.0620 e. The summed E-state index contributed by atoms with van der Waals surface area (Å²) < 4.78 is 6.51. The molecule has 16 heavy (non-hydrogen) atoms. The average molecular weight is 285 g/mol. The van der Waals surface area contributed by atoms with Gasteiger partial charge >= 0.3 is 0 Å². The Balaban J connectivity index is 1.71. The lowest BCUT2D eigenvalue weighted by Crippen LogP contribution is -2.42. The maximum absolute atomic E-state index is 5.41. The van der Waals surface area contributed by atoms with Crippen LogP contribution in [0.1, 0.15) is 6.42 Å². The summed E-state index contributed by atoms with van der Waals surface area (Å²) in [5.41, 5.74) is 1.16. The minimum absolute atomic E-state index is 0.494. The molecule has 1 aromatic rings. The maximum Gasteiger partial charge on any atom is 0.0620 e. The van der Waals surface area contributed by atoms with Crippen LogP contribution >= 0.6 is 15.9 Å². The molecular formula is C12H17BrN2O. The molecule has 1 aromatic carbocycles. The van der Waals surface area contributed by atoms with Crippen molar-refractivity contribution in [2.75, 3.05) is 31.6 Å². The van der Waals surface area contributed by atoms with Crippen molar-refractivity contribution in [2.24, 2.45) is 0 Å². The van der Waals surface area contributed by atoms with Crippen molar-refractivity contribution in [3.63, 3.8) is 0 Å². The molecule has 0 radical (unpaired) electrons. The van der Waals surface area contributed by atoms with Crippen LogP contribution in [-0.2, 0) is 4.74 Å². The molecule has 3 nitrogen and oxygen atoms in total. The third-order valence-corrected chi connectivity index (χ3v) is 3.14. The van der Waals surface area contributed by atoms with Gasteiger partial charge in [-0.3, -0.25) is 0 Å². The highest BCUT2D eigenvalue weighted by Crippen LogP contribution is 2.15. The van der Waals surface area contributed by atoms with Crippen molar-refractivity contribution in [1.29, 1.82) is 0 Å². The minimum Gasteiger partial charge on any atom is -0.385 e. The van der Waals surface area contributed by atoms with E-state index in [0.29, 0.717) is 6.04 Å². The van der Waals surface area contributed by atoms with Gasteiger partial charge in [-0.1, -0.05) is 22.0 Å². The first-order chi connectivity index (χ1) is 7.84. The minimum atomic E-state index is 0.494. The van der Waals surface area contributed by atoms with Crippen molar-refractivity contribution < 1.29 is 4.74 Å². The Morgan fingerprint density at radius 2 is 2.44 bits per heavy atom. The fourth-order valence-electron chi connectivity index (χ4n) is 1.79. The number of nitrogens with one attached hydrogen (secondary N) is 2. The van der Waals surface area contributed by atoms with Crippen molar-refractivity contribution in [1.82, 2.24) is 5.32 Å². The molecule has 1 heterocycles. The van der Waals surface area contributed by atoms with Gasteiger partial charge in [-0.2, -0.15) is 0 Å². The monoisotopic (exact) mass is 284 g/mol. The molecule has 1 atom stereocenters. The molecule has 2 rings (SSSR count).